The average molecular weight is 920 g/mol. The summed E-state index contributed by atoms with van der Waals surface area (Å²) in [5.74, 6) is 1.73. The van der Waals surface area contributed by atoms with Gasteiger partial charge in [-0.1, -0.05) is 32.0 Å². The summed E-state index contributed by atoms with van der Waals surface area (Å²) in [4.78, 5) is 71.0. The molecule has 0 bridgehead atoms. The van der Waals surface area contributed by atoms with Crippen LogP contribution in [0.2, 0.25) is 0 Å². The number of imide groups is 2. The van der Waals surface area contributed by atoms with Crippen molar-refractivity contribution in [2.45, 2.75) is 109 Å². The van der Waals surface area contributed by atoms with Crippen LogP contribution < -0.4 is 10.6 Å². The van der Waals surface area contributed by atoms with Gasteiger partial charge in [0.15, 0.2) is 0 Å². The molecule has 1 saturated heterocycles. The molecular formula is C53H69N5O9. The summed E-state index contributed by atoms with van der Waals surface area (Å²) in [6.07, 6.45) is 15.8. The van der Waals surface area contributed by atoms with Gasteiger partial charge < -0.3 is 29.2 Å². The minimum absolute atomic E-state index is 0.0668. The fourth-order valence-electron chi connectivity index (χ4n) is 13.7. The van der Waals surface area contributed by atoms with Crippen LogP contribution in [0.15, 0.2) is 54.9 Å². The first-order chi connectivity index (χ1) is 32.5. The van der Waals surface area contributed by atoms with Gasteiger partial charge in [-0.05, 0) is 140 Å². The molecule has 4 saturated carbocycles. The van der Waals surface area contributed by atoms with Crippen molar-refractivity contribution < 1.29 is 42.9 Å². The molecule has 360 valence electrons. The highest BCUT2D eigenvalue weighted by atomic mass is 16.6. The third-order valence-electron chi connectivity index (χ3n) is 17.3. The number of nitrogens with one attached hydrogen (secondary N) is 2. The van der Waals surface area contributed by atoms with Gasteiger partial charge in [0.25, 0.3) is 11.8 Å². The van der Waals surface area contributed by atoms with Crippen LogP contribution in [-0.2, 0) is 33.3 Å². The number of pyridine rings is 1. The van der Waals surface area contributed by atoms with Gasteiger partial charge in [0.1, 0.15) is 6.04 Å². The van der Waals surface area contributed by atoms with E-state index in [1.165, 1.54) is 61.3 Å². The van der Waals surface area contributed by atoms with E-state index in [4.69, 9.17) is 18.9 Å². The normalized spacial score (nSPS) is 30.1. The van der Waals surface area contributed by atoms with Gasteiger partial charge in [-0.25, -0.2) is 0 Å². The van der Waals surface area contributed by atoms with Crippen LogP contribution in [0.3, 0.4) is 0 Å². The molecule has 7 unspecified atom stereocenters. The average Bonchev–Trinajstić information content (AvgIpc) is 3.82. The lowest BCUT2D eigenvalue weighted by Gasteiger charge is -2.61. The van der Waals surface area contributed by atoms with Crippen molar-refractivity contribution in [1.29, 1.82) is 0 Å². The third-order valence-corrected chi connectivity index (χ3v) is 17.3. The minimum Gasteiger partial charge on any atom is -0.382 e. The molecule has 3 heterocycles. The number of benzene rings is 2. The van der Waals surface area contributed by atoms with E-state index in [2.05, 4.69) is 53.7 Å². The van der Waals surface area contributed by atoms with Gasteiger partial charge in [0, 0.05) is 49.5 Å². The lowest BCUT2D eigenvalue weighted by atomic mass is 9.44. The van der Waals surface area contributed by atoms with Crippen molar-refractivity contribution in [2.75, 3.05) is 71.8 Å². The molecule has 9 atom stereocenters. The maximum absolute atomic E-state index is 13.4. The Balaban J connectivity index is 0.611. The molecule has 9 rings (SSSR count). The maximum Gasteiger partial charge on any atom is 0.264 e. The number of carbonyl (C=O) groups excluding carboxylic acids is 5. The number of anilines is 1. The van der Waals surface area contributed by atoms with Crippen molar-refractivity contribution in [1.82, 2.24) is 20.1 Å². The van der Waals surface area contributed by atoms with Crippen LogP contribution in [-0.4, -0.2) is 123 Å². The van der Waals surface area contributed by atoms with E-state index in [1.807, 2.05) is 24.3 Å². The Hall–Kier alpha value is -4.76. The summed E-state index contributed by atoms with van der Waals surface area (Å²) >= 11 is 0. The Morgan fingerprint density at radius 3 is 2.30 bits per heavy atom. The predicted molar refractivity (Wildman–Crippen MR) is 252 cm³/mol. The topological polar surface area (TPSA) is 166 Å². The summed E-state index contributed by atoms with van der Waals surface area (Å²) in [5.41, 5.74) is 3.17. The Kier molecular flexibility index (Phi) is 14.4. The molecule has 14 heteroatoms. The summed E-state index contributed by atoms with van der Waals surface area (Å²) in [7, 11) is 2.00. The highest BCUT2D eigenvalue weighted by Gasteiger charge is 2.60. The first-order valence-electron chi connectivity index (χ1n) is 25.0. The quantitative estimate of drug-likeness (QED) is 0.0926. The molecule has 2 aliphatic heterocycles. The number of nitrogens with zero attached hydrogens (tertiary/aromatic N) is 3. The zero-order chi connectivity index (χ0) is 46.7. The van der Waals surface area contributed by atoms with Crippen LogP contribution in [0, 0.1) is 34.5 Å². The van der Waals surface area contributed by atoms with Crippen LogP contribution in [0.5, 0.6) is 0 Å². The number of piperidine rings is 1. The lowest BCUT2D eigenvalue weighted by Crippen LogP contribution is -2.55. The van der Waals surface area contributed by atoms with Gasteiger partial charge in [0.05, 0.1) is 70.4 Å². The number of ether oxygens (including phenoxy) is 4. The molecule has 2 N–H and O–H groups in total. The fraction of sp³-hybridized carbons (Fsp3) is 0.623. The third kappa shape index (κ3) is 9.52. The molecule has 6 aliphatic rings. The second kappa shape index (κ2) is 20.5. The molecule has 5 fully saturated rings. The summed E-state index contributed by atoms with van der Waals surface area (Å²) in [6, 6.07) is 13.5. The molecular weight excluding hydrogens is 851 g/mol. The zero-order valence-electron chi connectivity index (χ0n) is 39.6. The Bertz CT molecular complexity index is 2320. The second-order valence-corrected chi connectivity index (χ2v) is 20.5. The molecule has 67 heavy (non-hydrogen) atoms. The number of amides is 5. The first-order valence-corrected chi connectivity index (χ1v) is 25.0. The van der Waals surface area contributed by atoms with Crippen molar-refractivity contribution in [3.63, 3.8) is 0 Å². The molecule has 3 aromatic rings. The summed E-state index contributed by atoms with van der Waals surface area (Å²) in [5, 5.41) is 7.91. The van der Waals surface area contributed by atoms with Crippen LogP contribution in [0.4, 0.5) is 5.69 Å². The largest absolute Gasteiger partial charge is 0.382 e. The standard InChI is InChI=1S/C53H69N5O9/c1-52-19-15-38(32-37(52)9-10-39-42-12-11-41(53(42,2)20-16-43(39)52)35-8-7-34-17-21-54-33-36(34)31-35)57(3)47(60)18-23-64-25-27-66-29-30-67-28-26-65-24-22-55-44-6-4-5-40-48(44)51(63)58(50(40)62)45-13-14-46(59)56-49(45)61/h4-8,17,21,31,33,37-39,41-43,45,55H,9-16,18-20,22-30,32H2,1-3H3,(H,56,59,61)/t37?,38?,39?,41?,42?,43?,45?,52-,53+/m0/s1. The molecule has 5 amide bonds. The van der Waals surface area contributed by atoms with Gasteiger partial charge >= 0.3 is 0 Å². The maximum atomic E-state index is 13.4. The van der Waals surface area contributed by atoms with Crippen LogP contribution in [0.25, 0.3) is 10.8 Å². The zero-order valence-corrected chi connectivity index (χ0v) is 39.6. The van der Waals surface area contributed by atoms with Gasteiger partial charge in [0.2, 0.25) is 17.7 Å². The van der Waals surface area contributed by atoms with E-state index >= 15 is 0 Å². The SMILES string of the molecule is CN(C(=O)CCOCCOCCOCCOCCNc1cccc2c1C(=O)N(C1CCC(=O)NC1=O)C2=O)C1CC[C@@]2(C)C(CCC3C2CC[C@]2(C)C(c4ccc5ccncc5c4)CCC32)C1. The lowest BCUT2D eigenvalue weighted by molar-refractivity contribution is -0.141. The number of fused-ring (bicyclic) bond motifs is 7. The minimum atomic E-state index is -1.01. The van der Waals surface area contributed by atoms with E-state index in [-0.39, 0.29) is 29.9 Å². The van der Waals surface area contributed by atoms with E-state index in [9.17, 15) is 24.0 Å². The van der Waals surface area contributed by atoms with Crippen molar-refractivity contribution in [2.24, 2.45) is 34.5 Å². The summed E-state index contributed by atoms with van der Waals surface area (Å²) < 4.78 is 22.7. The van der Waals surface area contributed by atoms with Gasteiger partial charge in [-0.15, -0.1) is 0 Å². The number of aromatic nitrogens is 1. The highest BCUT2D eigenvalue weighted by Crippen LogP contribution is 2.69. The summed E-state index contributed by atoms with van der Waals surface area (Å²) in [6.45, 7) is 8.78. The molecule has 0 spiro atoms. The molecule has 4 aliphatic carbocycles. The Morgan fingerprint density at radius 2 is 1.52 bits per heavy atom. The molecule has 0 radical (unpaired) electrons. The Morgan fingerprint density at radius 1 is 0.791 bits per heavy atom. The monoisotopic (exact) mass is 920 g/mol. The number of carbonyl (C=O) groups is 5. The smallest absolute Gasteiger partial charge is 0.264 e. The number of hydrogen-bond acceptors (Lipinski definition) is 11. The van der Waals surface area contributed by atoms with E-state index < -0.39 is 29.7 Å². The van der Waals surface area contributed by atoms with E-state index in [0.717, 1.165) is 35.5 Å². The molecule has 2 aromatic carbocycles. The van der Waals surface area contributed by atoms with Gasteiger partial charge in [-0.2, -0.15) is 0 Å². The van der Waals surface area contributed by atoms with Crippen molar-refractivity contribution in [3.8, 4) is 0 Å². The van der Waals surface area contributed by atoms with E-state index in [1.54, 1.807) is 18.2 Å². The fourth-order valence-corrected chi connectivity index (χ4v) is 13.7. The van der Waals surface area contributed by atoms with Crippen LogP contribution in [0.1, 0.15) is 123 Å². The van der Waals surface area contributed by atoms with Crippen molar-refractivity contribution in [3.05, 3.63) is 71.5 Å². The number of hydrogen-bond donors (Lipinski definition) is 2. The first kappa shape index (κ1) is 47.3. The predicted octanol–water partition coefficient (Wildman–Crippen LogP) is 7.16. The van der Waals surface area contributed by atoms with Gasteiger partial charge in [-0.3, -0.25) is 39.2 Å². The Labute approximate surface area is 394 Å². The number of rotatable bonds is 19. The second-order valence-electron chi connectivity index (χ2n) is 20.5. The molecule has 1 aromatic heterocycles. The highest BCUT2D eigenvalue weighted by molar-refractivity contribution is 6.25. The molecule has 14 nitrogen and oxygen atoms in total. The van der Waals surface area contributed by atoms with Crippen LogP contribution >= 0.6 is 0 Å². The van der Waals surface area contributed by atoms with Crippen molar-refractivity contribution >= 4 is 46.0 Å². The van der Waals surface area contributed by atoms with E-state index in [0.29, 0.717) is 100 Å².